The average molecular weight is 348 g/mol. The number of hydrogen-bond donors (Lipinski definition) is 1. The molecule has 0 radical (unpaired) electrons. The molecule has 0 aliphatic carbocycles. The highest BCUT2D eigenvalue weighted by molar-refractivity contribution is 5.97. The van der Waals surface area contributed by atoms with Gasteiger partial charge in [0.1, 0.15) is 5.52 Å². The Morgan fingerprint density at radius 2 is 2.00 bits per heavy atom. The number of hydrogen-bond acceptors (Lipinski definition) is 3. The molecule has 25 heavy (non-hydrogen) atoms. The van der Waals surface area contributed by atoms with Gasteiger partial charge in [0.2, 0.25) is 0 Å². The van der Waals surface area contributed by atoms with E-state index in [1.165, 1.54) is 12.1 Å². The second-order valence-electron chi connectivity index (χ2n) is 5.49. The van der Waals surface area contributed by atoms with Crippen molar-refractivity contribution in [3.05, 3.63) is 59.2 Å². The zero-order valence-corrected chi connectivity index (χ0v) is 13.3. The van der Waals surface area contributed by atoms with E-state index < -0.39 is 11.7 Å². The number of rotatable bonds is 4. The largest absolute Gasteiger partial charge is 0.416 e. The SMILES string of the molecule is CCn1nnc2cc(C(=O)NCc3cccc(C(F)(F)F)c3)ccc21. The van der Waals surface area contributed by atoms with Crippen LogP contribution in [0.4, 0.5) is 13.2 Å². The molecule has 0 atom stereocenters. The van der Waals surface area contributed by atoms with Gasteiger partial charge in [-0.15, -0.1) is 5.10 Å². The Morgan fingerprint density at radius 1 is 1.20 bits per heavy atom. The minimum atomic E-state index is -4.41. The van der Waals surface area contributed by atoms with Crippen LogP contribution in [0.25, 0.3) is 11.0 Å². The lowest BCUT2D eigenvalue weighted by molar-refractivity contribution is -0.137. The number of amides is 1. The highest BCUT2D eigenvalue weighted by Gasteiger charge is 2.30. The van der Waals surface area contributed by atoms with Crippen LogP contribution in [-0.4, -0.2) is 20.9 Å². The van der Waals surface area contributed by atoms with Gasteiger partial charge in [-0.05, 0) is 42.8 Å². The third-order valence-electron chi connectivity index (χ3n) is 3.78. The predicted octanol–water partition coefficient (Wildman–Crippen LogP) is 3.40. The van der Waals surface area contributed by atoms with Crippen molar-refractivity contribution in [2.24, 2.45) is 0 Å². The molecule has 1 N–H and O–H groups in total. The van der Waals surface area contributed by atoms with Crippen LogP contribution in [0.2, 0.25) is 0 Å². The molecule has 0 saturated heterocycles. The first kappa shape index (κ1) is 16.9. The molecule has 0 aliphatic rings. The third-order valence-corrected chi connectivity index (χ3v) is 3.78. The van der Waals surface area contributed by atoms with Crippen molar-refractivity contribution < 1.29 is 18.0 Å². The predicted molar refractivity (Wildman–Crippen MR) is 85.8 cm³/mol. The maximum Gasteiger partial charge on any atom is 0.416 e. The van der Waals surface area contributed by atoms with Crippen molar-refractivity contribution >= 4 is 16.9 Å². The zero-order chi connectivity index (χ0) is 18.0. The molecule has 130 valence electrons. The number of halogens is 3. The topological polar surface area (TPSA) is 59.8 Å². The molecule has 1 heterocycles. The van der Waals surface area contributed by atoms with E-state index in [1.807, 2.05) is 6.92 Å². The first-order valence-electron chi connectivity index (χ1n) is 7.66. The van der Waals surface area contributed by atoms with Crippen molar-refractivity contribution in [1.82, 2.24) is 20.3 Å². The van der Waals surface area contributed by atoms with Gasteiger partial charge in [0.05, 0.1) is 11.1 Å². The van der Waals surface area contributed by atoms with E-state index in [9.17, 15) is 18.0 Å². The van der Waals surface area contributed by atoms with Crippen LogP contribution in [0.15, 0.2) is 42.5 Å². The summed E-state index contributed by atoms with van der Waals surface area (Å²) < 4.78 is 39.8. The van der Waals surface area contributed by atoms with Gasteiger partial charge in [-0.25, -0.2) is 4.68 Å². The number of nitrogens with zero attached hydrogens (tertiary/aromatic N) is 3. The molecule has 0 spiro atoms. The number of carbonyl (C=O) groups is 1. The molecule has 2 aromatic carbocycles. The summed E-state index contributed by atoms with van der Waals surface area (Å²) in [6, 6.07) is 9.87. The quantitative estimate of drug-likeness (QED) is 0.786. The van der Waals surface area contributed by atoms with E-state index in [0.29, 0.717) is 23.2 Å². The van der Waals surface area contributed by atoms with Crippen LogP contribution in [-0.2, 0) is 19.3 Å². The van der Waals surface area contributed by atoms with Crippen molar-refractivity contribution in [2.45, 2.75) is 26.2 Å². The molecule has 0 aliphatic heterocycles. The van der Waals surface area contributed by atoms with Crippen LogP contribution in [0, 0.1) is 0 Å². The van der Waals surface area contributed by atoms with Gasteiger partial charge in [0.25, 0.3) is 5.91 Å². The second-order valence-corrected chi connectivity index (χ2v) is 5.49. The highest BCUT2D eigenvalue weighted by atomic mass is 19.4. The van der Waals surface area contributed by atoms with Crippen LogP contribution in [0.1, 0.15) is 28.4 Å². The standard InChI is InChI=1S/C17H15F3N4O/c1-2-24-15-7-6-12(9-14(15)22-23-24)16(25)21-10-11-4-3-5-13(8-11)17(18,19)20/h3-9H,2,10H2,1H3,(H,21,25). The van der Waals surface area contributed by atoms with E-state index in [2.05, 4.69) is 15.6 Å². The van der Waals surface area contributed by atoms with E-state index in [-0.39, 0.29) is 12.5 Å². The Kier molecular flexibility index (Phi) is 4.43. The fourth-order valence-electron chi connectivity index (χ4n) is 2.49. The fraction of sp³-hybridized carbons (Fsp3) is 0.235. The molecule has 5 nitrogen and oxygen atoms in total. The molecule has 0 bridgehead atoms. The van der Waals surface area contributed by atoms with E-state index in [1.54, 1.807) is 22.9 Å². The van der Waals surface area contributed by atoms with E-state index in [4.69, 9.17) is 0 Å². The fourth-order valence-corrected chi connectivity index (χ4v) is 2.49. The van der Waals surface area contributed by atoms with Gasteiger partial charge >= 0.3 is 6.18 Å². The van der Waals surface area contributed by atoms with Gasteiger partial charge in [-0.1, -0.05) is 17.3 Å². The summed E-state index contributed by atoms with van der Waals surface area (Å²) in [4.78, 5) is 12.2. The summed E-state index contributed by atoms with van der Waals surface area (Å²) in [6.07, 6.45) is -4.41. The van der Waals surface area contributed by atoms with Gasteiger partial charge in [0.15, 0.2) is 0 Å². The first-order chi connectivity index (χ1) is 11.9. The number of nitrogens with one attached hydrogen (secondary N) is 1. The van der Waals surface area contributed by atoms with Gasteiger partial charge in [-0.2, -0.15) is 13.2 Å². The summed E-state index contributed by atoms with van der Waals surface area (Å²) in [5.41, 5.74) is 1.42. The maximum atomic E-state index is 12.7. The lowest BCUT2D eigenvalue weighted by Crippen LogP contribution is -2.23. The highest BCUT2D eigenvalue weighted by Crippen LogP contribution is 2.29. The Labute approximate surface area is 141 Å². The van der Waals surface area contributed by atoms with Crippen molar-refractivity contribution in [2.75, 3.05) is 0 Å². The second kappa shape index (κ2) is 6.54. The molecular weight excluding hydrogens is 333 g/mol. The summed E-state index contributed by atoms with van der Waals surface area (Å²) in [5.74, 6) is -0.384. The van der Waals surface area contributed by atoms with Crippen LogP contribution in [0.5, 0.6) is 0 Å². The normalized spacial score (nSPS) is 11.7. The first-order valence-corrected chi connectivity index (χ1v) is 7.66. The lowest BCUT2D eigenvalue weighted by Gasteiger charge is -2.09. The van der Waals surface area contributed by atoms with E-state index >= 15 is 0 Å². The van der Waals surface area contributed by atoms with Crippen LogP contribution in [0.3, 0.4) is 0 Å². The third kappa shape index (κ3) is 3.62. The van der Waals surface area contributed by atoms with Crippen molar-refractivity contribution in [3.8, 4) is 0 Å². The molecule has 1 aromatic heterocycles. The monoisotopic (exact) mass is 348 g/mol. The molecule has 3 aromatic rings. The average Bonchev–Trinajstić information content (AvgIpc) is 3.01. The van der Waals surface area contributed by atoms with Gasteiger partial charge in [-0.3, -0.25) is 4.79 Å². The van der Waals surface area contributed by atoms with Crippen LogP contribution >= 0.6 is 0 Å². The summed E-state index contributed by atoms with van der Waals surface area (Å²) in [6.45, 7) is 2.60. The molecule has 0 fully saturated rings. The minimum absolute atomic E-state index is 0.00242. The summed E-state index contributed by atoms with van der Waals surface area (Å²) in [7, 11) is 0. The minimum Gasteiger partial charge on any atom is -0.348 e. The maximum absolute atomic E-state index is 12.7. The number of fused-ring (bicyclic) bond motifs is 1. The number of aryl methyl sites for hydroxylation is 1. The smallest absolute Gasteiger partial charge is 0.348 e. The molecular formula is C17H15F3N4O. The Bertz CT molecular complexity index is 918. The summed E-state index contributed by atoms with van der Waals surface area (Å²) >= 11 is 0. The Morgan fingerprint density at radius 3 is 2.72 bits per heavy atom. The number of carbonyl (C=O) groups excluding carboxylic acids is 1. The zero-order valence-electron chi connectivity index (χ0n) is 13.3. The van der Waals surface area contributed by atoms with E-state index in [0.717, 1.165) is 17.6 Å². The van der Waals surface area contributed by atoms with Crippen molar-refractivity contribution in [3.63, 3.8) is 0 Å². The Balaban J connectivity index is 1.72. The van der Waals surface area contributed by atoms with Crippen LogP contribution < -0.4 is 5.32 Å². The van der Waals surface area contributed by atoms with Gasteiger partial charge in [0, 0.05) is 18.7 Å². The Hall–Kier alpha value is -2.90. The molecule has 0 unspecified atom stereocenters. The number of alkyl halides is 3. The van der Waals surface area contributed by atoms with Crippen molar-refractivity contribution in [1.29, 1.82) is 0 Å². The molecule has 8 heteroatoms. The lowest BCUT2D eigenvalue weighted by atomic mass is 10.1. The number of aromatic nitrogens is 3. The molecule has 0 saturated carbocycles. The summed E-state index contributed by atoms with van der Waals surface area (Å²) in [5, 5.41) is 10.6. The number of benzene rings is 2. The molecule has 1 amide bonds. The van der Waals surface area contributed by atoms with Gasteiger partial charge < -0.3 is 5.32 Å². The molecule has 3 rings (SSSR count).